The van der Waals surface area contributed by atoms with Gasteiger partial charge in [-0.25, -0.2) is 0 Å². The van der Waals surface area contributed by atoms with Crippen LogP contribution >= 0.6 is 0 Å². The number of piperazine rings is 1. The van der Waals surface area contributed by atoms with E-state index in [4.69, 9.17) is 4.74 Å². The summed E-state index contributed by atoms with van der Waals surface area (Å²) in [5.74, 6) is 0.364. The van der Waals surface area contributed by atoms with Gasteiger partial charge in [-0.2, -0.15) is 0 Å². The Bertz CT molecular complexity index is 729. The molecule has 3 fully saturated rings. The Balaban J connectivity index is 1.19. The number of hydrogen-bond donors (Lipinski definition) is 0. The minimum atomic E-state index is 0.0347. The van der Waals surface area contributed by atoms with Crippen molar-refractivity contribution in [1.82, 2.24) is 14.7 Å². The summed E-state index contributed by atoms with van der Waals surface area (Å²) < 4.78 is 5.74. The van der Waals surface area contributed by atoms with E-state index in [0.29, 0.717) is 19.2 Å². The van der Waals surface area contributed by atoms with Gasteiger partial charge in [0.2, 0.25) is 11.8 Å². The van der Waals surface area contributed by atoms with Gasteiger partial charge in [-0.05, 0) is 37.3 Å². The van der Waals surface area contributed by atoms with Crippen molar-refractivity contribution in [2.45, 2.75) is 31.8 Å². The van der Waals surface area contributed by atoms with Gasteiger partial charge in [-0.3, -0.25) is 14.5 Å². The van der Waals surface area contributed by atoms with Crippen molar-refractivity contribution in [3.63, 3.8) is 0 Å². The zero-order valence-electron chi connectivity index (χ0n) is 17.7. The van der Waals surface area contributed by atoms with Gasteiger partial charge >= 0.3 is 0 Å². The second-order valence-electron chi connectivity index (χ2n) is 8.60. The summed E-state index contributed by atoms with van der Waals surface area (Å²) in [7, 11) is 0. The Labute approximate surface area is 179 Å². The predicted molar refractivity (Wildman–Crippen MR) is 117 cm³/mol. The zero-order valence-corrected chi connectivity index (χ0v) is 17.7. The lowest BCUT2D eigenvalue weighted by Crippen LogP contribution is -2.52. The Kier molecular flexibility index (Phi) is 7.18. The molecule has 6 heteroatoms. The molecule has 162 valence electrons. The highest BCUT2D eigenvalue weighted by atomic mass is 16.5. The molecule has 0 radical (unpaired) electrons. The third-order valence-corrected chi connectivity index (χ3v) is 6.54. The normalized spacial score (nSPS) is 23.9. The lowest BCUT2D eigenvalue weighted by molar-refractivity contribution is -0.141. The molecule has 6 nitrogen and oxygen atoms in total. The summed E-state index contributed by atoms with van der Waals surface area (Å²) >= 11 is 0. The molecule has 1 aromatic carbocycles. The Hall–Kier alpha value is -2.18. The highest BCUT2D eigenvalue weighted by Gasteiger charge is 2.32. The fourth-order valence-electron chi connectivity index (χ4n) is 4.67. The van der Waals surface area contributed by atoms with Gasteiger partial charge in [0, 0.05) is 64.4 Å². The van der Waals surface area contributed by atoms with E-state index in [-0.39, 0.29) is 17.7 Å². The summed E-state index contributed by atoms with van der Waals surface area (Å²) in [6.07, 6.45) is 7.74. The average Bonchev–Trinajstić information content (AvgIpc) is 3.31. The number of nitrogens with zero attached hydrogens (tertiary/aromatic N) is 3. The number of piperidine rings is 1. The lowest BCUT2D eigenvalue weighted by atomic mass is 9.95. The molecule has 0 saturated carbocycles. The summed E-state index contributed by atoms with van der Waals surface area (Å²) in [5.41, 5.74) is 1.02. The highest BCUT2D eigenvalue weighted by Crippen LogP contribution is 2.21. The maximum absolute atomic E-state index is 13.0. The molecule has 1 unspecified atom stereocenters. The van der Waals surface area contributed by atoms with E-state index in [9.17, 15) is 9.59 Å². The van der Waals surface area contributed by atoms with E-state index in [2.05, 4.69) is 4.90 Å². The first-order chi connectivity index (χ1) is 14.7. The molecule has 1 aromatic rings. The molecule has 0 aromatic heterocycles. The predicted octanol–water partition coefficient (Wildman–Crippen LogP) is 2.26. The zero-order chi connectivity index (χ0) is 20.8. The Morgan fingerprint density at radius 3 is 2.33 bits per heavy atom. The van der Waals surface area contributed by atoms with Gasteiger partial charge in [-0.1, -0.05) is 30.3 Å². The first kappa shape index (κ1) is 21.1. The smallest absolute Gasteiger partial charge is 0.246 e. The molecule has 2 amide bonds. The van der Waals surface area contributed by atoms with Crippen molar-refractivity contribution in [1.29, 1.82) is 0 Å². The second kappa shape index (κ2) is 10.2. The van der Waals surface area contributed by atoms with Crippen molar-refractivity contribution in [3.8, 4) is 0 Å². The molecule has 1 atom stereocenters. The molecule has 3 saturated heterocycles. The molecular formula is C24H33N3O3. The Morgan fingerprint density at radius 2 is 1.67 bits per heavy atom. The topological polar surface area (TPSA) is 53.1 Å². The van der Waals surface area contributed by atoms with Gasteiger partial charge in [0.05, 0.1) is 6.10 Å². The van der Waals surface area contributed by atoms with Gasteiger partial charge in [0.25, 0.3) is 0 Å². The standard InChI is InChI=1S/C24H33N3O3/c28-23(9-8-20-5-2-1-3-6-20)26-12-10-21(11-13-26)24(29)27-16-14-25(15-17-27)19-22-7-4-18-30-22/h1-3,5-6,8-9,21-22H,4,7,10-19H2. The maximum Gasteiger partial charge on any atom is 0.246 e. The average molecular weight is 412 g/mol. The molecule has 4 rings (SSSR count). The second-order valence-corrected chi connectivity index (χ2v) is 8.60. The number of ether oxygens (including phenoxy) is 1. The maximum atomic E-state index is 13.0. The van der Waals surface area contributed by atoms with Gasteiger partial charge < -0.3 is 14.5 Å². The molecular weight excluding hydrogens is 378 g/mol. The van der Waals surface area contributed by atoms with Crippen LogP contribution in [-0.4, -0.2) is 85.0 Å². The fourth-order valence-corrected chi connectivity index (χ4v) is 4.67. The quantitative estimate of drug-likeness (QED) is 0.698. The van der Waals surface area contributed by atoms with Crippen LogP contribution in [0.4, 0.5) is 0 Å². The molecule has 0 spiro atoms. The number of likely N-dealkylation sites (tertiary alicyclic amines) is 1. The van der Waals surface area contributed by atoms with Crippen molar-refractivity contribution in [2.24, 2.45) is 5.92 Å². The molecule has 3 heterocycles. The molecule has 3 aliphatic heterocycles. The van der Waals surface area contributed by atoms with Crippen LogP contribution in [0.2, 0.25) is 0 Å². The van der Waals surface area contributed by atoms with Crippen LogP contribution in [0.3, 0.4) is 0 Å². The molecule has 0 bridgehead atoms. The summed E-state index contributed by atoms with van der Waals surface area (Å²) in [6.45, 7) is 6.71. The van der Waals surface area contributed by atoms with E-state index in [0.717, 1.165) is 64.2 Å². The molecule has 3 aliphatic rings. The van der Waals surface area contributed by atoms with Crippen molar-refractivity contribution in [3.05, 3.63) is 42.0 Å². The van der Waals surface area contributed by atoms with Crippen LogP contribution < -0.4 is 0 Å². The van der Waals surface area contributed by atoms with Gasteiger partial charge in [-0.15, -0.1) is 0 Å². The van der Waals surface area contributed by atoms with E-state index in [1.165, 1.54) is 6.42 Å². The van der Waals surface area contributed by atoms with Gasteiger partial charge in [0.1, 0.15) is 0 Å². The van der Waals surface area contributed by atoms with Crippen LogP contribution in [0.1, 0.15) is 31.2 Å². The van der Waals surface area contributed by atoms with E-state index >= 15 is 0 Å². The number of benzene rings is 1. The van der Waals surface area contributed by atoms with Crippen molar-refractivity contribution in [2.75, 3.05) is 52.4 Å². The largest absolute Gasteiger partial charge is 0.377 e. The molecule has 0 aliphatic carbocycles. The number of amides is 2. The SMILES string of the molecule is O=C(C=Cc1ccccc1)N1CCC(C(=O)N2CCN(CC3CCCO3)CC2)CC1. The first-order valence-electron chi connectivity index (χ1n) is 11.3. The van der Waals surface area contributed by atoms with Crippen LogP contribution in [0.15, 0.2) is 36.4 Å². The lowest BCUT2D eigenvalue weighted by Gasteiger charge is -2.39. The number of carbonyl (C=O) groups is 2. The van der Waals surface area contributed by atoms with E-state index < -0.39 is 0 Å². The van der Waals surface area contributed by atoms with Crippen LogP contribution in [0.5, 0.6) is 0 Å². The van der Waals surface area contributed by atoms with Gasteiger partial charge in [0.15, 0.2) is 0 Å². The Morgan fingerprint density at radius 1 is 0.933 bits per heavy atom. The monoisotopic (exact) mass is 411 g/mol. The summed E-state index contributed by atoms with van der Waals surface area (Å²) in [5, 5.41) is 0. The van der Waals surface area contributed by atoms with Crippen LogP contribution in [0, 0.1) is 5.92 Å². The minimum absolute atomic E-state index is 0.0347. The first-order valence-corrected chi connectivity index (χ1v) is 11.3. The van der Waals surface area contributed by atoms with E-state index in [1.807, 2.05) is 46.2 Å². The minimum Gasteiger partial charge on any atom is -0.377 e. The third kappa shape index (κ3) is 5.49. The summed E-state index contributed by atoms with van der Waals surface area (Å²) in [6, 6.07) is 9.85. The molecule has 0 N–H and O–H groups in total. The molecule has 30 heavy (non-hydrogen) atoms. The highest BCUT2D eigenvalue weighted by molar-refractivity contribution is 5.92. The van der Waals surface area contributed by atoms with Crippen LogP contribution in [0.25, 0.3) is 6.08 Å². The van der Waals surface area contributed by atoms with Crippen molar-refractivity contribution >= 4 is 17.9 Å². The van der Waals surface area contributed by atoms with Crippen molar-refractivity contribution < 1.29 is 14.3 Å². The summed E-state index contributed by atoms with van der Waals surface area (Å²) in [4.78, 5) is 31.7. The van der Waals surface area contributed by atoms with E-state index in [1.54, 1.807) is 6.08 Å². The number of carbonyl (C=O) groups excluding carboxylic acids is 2. The third-order valence-electron chi connectivity index (χ3n) is 6.54. The van der Waals surface area contributed by atoms with Crippen LogP contribution in [-0.2, 0) is 14.3 Å². The fraction of sp³-hybridized carbons (Fsp3) is 0.583. The number of rotatable bonds is 5. The number of hydrogen-bond acceptors (Lipinski definition) is 4.